The van der Waals surface area contributed by atoms with Crippen molar-refractivity contribution < 1.29 is 22.4 Å². The summed E-state index contributed by atoms with van der Waals surface area (Å²) in [5.41, 5.74) is 8.70. The van der Waals surface area contributed by atoms with E-state index in [9.17, 15) is 27.2 Å². The van der Waals surface area contributed by atoms with Crippen LogP contribution < -0.4 is 27.1 Å². The normalized spacial score (nSPS) is 19.2. The van der Waals surface area contributed by atoms with Crippen molar-refractivity contribution in [1.82, 2.24) is 9.88 Å². The molecule has 0 spiro atoms. The Kier molecular flexibility index (Phi) is 7.05. The molecule has 1 aromatic heterocycles. The molecular weight excluding hydrogens is 467 g/mol. The molecule has 3 rings (SSSR count). The molecule has 34 heavy (non-hydrogen) atoms. The molecule has 182 valence electrons. The van der Waals surface area contributed by atoms with E-state index in [0.717, 1.165) is 16.7 Å². The van der Waals surface area contributed by atoms with Crippen molar-refractivity contribution >= 4 is 33.9 Å². The van der Waals surface area contributed by atoms with Gasteiger partial charge in [0.2, 0.25) is 5.91 Å². The summed E-state index contributed by atoms with van der Waals surface area (Å²) in [5.74, 6) is -1.54. The molecule has 13 heteroatoms. The minimum absolute atomic E-state index is 0.0659. The number of hydrogen-bond donors (Lipinski definition) is 4. The number of aliphatic imine (C=N–C) groups is 1. The summed E-state index contributed by atoms with van der Waals surface area (Å²) < 4.78 is 42.1. The molecule has 1 aromatic carbocycles. The van der Waals surface area contributed by atoms with Gasteiger partial charge in [0.1, 0.15) is 24.3 Å². The van der Waals surface area contributed by atoms with Gasteiger partial charge >= 0.3 is 0 Å². The number of nitrogens with zero attached hydrogens (tertiary/aromatic N) is 2. The Balaban J connectivity index is 1.71. The average Bonchev–Trinajstić information content (AvgIpc) is 3.44. The van der Waals surface area contributed by atoms with Crippen LogP contribution in [-0.2, 0) is 26.2 Å². The molecule has 1 aliphatic carbocycles. The zero-order valence-electron chi connectivity index (χ0n) is 18.3. The van der Waals surface area contributed by atoms with Crippen LogP contribution >= 0.6 is 0 Å². The number of benzene rings is 1. The van der Waals surface area contributed by atoms with Gasteiger partial charge in [0, 0.05) is 12.7 Å². The SMILES string of the molecule is Cc1ccc(F)cc1S(=O)(=O)Nc1cccn(CC(=O)N[C@]2(C=O)C[C@H]2CCN=C(N)N)c1=O. The second-order valence-electron chi connectivity index (χ2n) is 8.07. The Morgan fingerprint density at radius 1 is 1.35 bits per heavy atom. The van der Waals surface area contributed by atoms with E-state index < -0.39 is 39.4 Å². The Morgan fingerprint density at radius 3 is 2.76 bits per heavy atom. The topological polar surface area (TPSA) is 179 Å². The molecule has 11 nitrogen and oxygen atoms in total. The third-order valence-electron chi connectivity index (χ3n) is 5.53. The predicted octanol–water partition coefficient (Wildman–Crippen LogP) is -0.166. The Labute approximate surface area is 195 Å². The molecule has 0 saturated heterocycles. The van der Waals surface area contributed by atoms with Crippen LogP contribution in [0.2, 0.25) is 0 Å². The first kappa shape index (κ1) is 24.9. The van der Waals surface area contributed by atoms with E-state index in [1.165, 1.54) is 31.3 Å². The number of amides is 1. The summed E-state index contributed by atoms with van der Waals surface area (Å²) in [5, 5.41) is 2.63. The number of aldehydes is 1. The maximum absolute atomic E-state index is 13.6. The van der Waals surface area contributed by atoms with Gasteiger partial charge in [-0.25, -0.2) is 12.8 Å². The maximum atomic E-state index is 13.6. The van der Waals surface area contributed by atoms with Crippen molar-refractivity contribution in [1.29, 1.82) is 0 Å². The number of halogens is 1. The van der Waals surface area contributed by atoms with E-state index in [4.69, 9.17) is 11.5 Å². The van der Waals surface area contributed by atoms with E-state index in [1.807, 2.05) is 0 Å². The van der Waals surface area contributed by atoms with Crippen LogP contribution in [0.1, 0.15) is 18.4 Å². The first-order valence-corrected chi connectivity index (χ1v) is 11.8. The number of anilines is 1. The molecule has 6 N–H and O–H groups in total. The second-order valence-corrected chi connectivity index (χ2v) is 9.72. The summed E-state index contributed by atoms with van der Waals surface area (Å²) in [7, 11) is -4.26. The molecule has 2 aromatic rings. The van der Waals surface area contributed by atoms with Gasteiger partial charge in [-0.15, -0.1) is 0 Å². The van der Waals surface area contributed by atoms with Gasteiger partial charge in [-0.2, -0.15) is 0 Å². The van der Waals surface area contributed by atoms with E-state index in [2.05, 4.69) is 15.0 Å². The van der Waals surface area contributed by atoms with Crippen molar-refractivity contribution in [2.45, 2.75) is 36.7 Å². The summed E-state index contributed by atoms with van der Waals surface area (Å²) in [4.78, 5) is 40.4. The number of nitrogens with two attached hydrogens (primary N) is 2. The molecule has 1 saturated carbocycles. The number of carbonyl (C=O) groups excluding carboxylic acids is 2. The standard InChI is InChI=1S/C21H25FN6O5S/c1-13-4-5-15(22)9-17(13)34(32,33)27-16-3-2-8-28(19(16)31)11-18(30)26-21(12-29)10-14(21)6-7-25-20(23)24/h2-5,8-9,12,14,27H,6-7,10-11H2,1H3,(H,26,30)(H4,23,24,25)/t14-,21+/m1/s1. The van der Waals surface area contributed by atoms with Crippen LogP contribution in [0.5, 0.6) is 0 Å². The van der Waals surface area contributed by atoms with Crippen molar-refractivity contribution in [3.8, 4) is 0 Å². The van der Waals surface area contributed by atoms with Gasteiger partial charge in [0.25, 0.3) is 15.6 Å². The minimum atomic E-state index is -4.26. The summed E-state index contributed by atoms with van der Waals surface area (Å²) in [6.07, 6.45) is 2.88. The fourth-order valence-corrected chi connectivity index (χ4v) is 4.96. The summed E-state index contributed by atoms with van der Waals surface area (Å²) >= 11 is 0. The molecule has 1 fully saturated rings. The van der Waals surface area contributed by atoms with E-state index in [0.29, 0.717) is 31.2 Å². The van der Waals surface area contributed by atoms with Gasteiger partial charge in [0.15, 0.2) is 5.96 Å². The van der Waals surface area contributed by atoms with E-state index >= 15 is 0 Å². The highest BCUT2D eigenvalue weighted by molar-refractivity contribution is 7.92. The number of nitrogens with one attached hydrogen (secondary N) is 2. The average molecular weight is 493 g/mol. The molecule has 1 heterocycles. The number of carbonyl (C=O) groups is 2. The third kappa shape index (κ3) is 5.60. The van der Waals surface area contributed by atoms with Crippen LogP contribution in [0.15, 0.2) is 51.2 Å². The van der Waals surface area contributed by atoms with Crippen LogP contribution in [0.3, 0.4) is 0 Å². The van der Waals surface area contributed by atoms with E-state index in [-0.39, 0.29) is 22.5 Å². The Morgan fingerprint density at radius 2 is 2.09 bits per heavy atom. The fraction of sp³-hybridized carbons (Fsp3) is 0.333. The summed E-state index contributed by atoms with van der Waals surface area (Å²) in [6.45, 7) is 1.36. The lowest BCUT2D eigenvalue weighted by Gasteiger charge is -2.15. The monoisotopic (exact) mass is 492 g/mol. The quantitative estimate of drug-likeness (QED) is 0.202. The molecular formula is C21H25FN6O5S. The number of aromatic nitrogens is 1. The van der Waals surface area contributed by atoms with Crippen LogP contribution in [0, 0.1) is 18.7 Å². The van der Waals surface area contributed by atoms with Crippen molar-refractivity contribution in [2.75, 3.05) is 11.3 Å². The second kappa shape index (κ2) is 9.63. The smallest absolute Gasteiger partial charge is 0.275 e. The molecule has 0 aliphatic heterocycles. The van der Waals surface area contributed by atoms with Gasteiger partial charge in [-0.1, -0.05) is 6.07 Å². The number of hydrogen-bond acceptors (Lipinski definition) is 6. The molecule has 0 bridgehead atoms. The molecule has 2 atom stereocenters. The fourth-order valence-electron chi connectivity index (χ4n) is 3.64. The highest BCUT2D eigenvalue weighted by Gasteiger charge is 2.54. The number of guanidine groups is 1. The van der Waals surface area contributed by atoms with Gasteiger partial charge in [-0.05, 0) is 55.5 Å². The molecule has 1 amide bonds. The minimum Gasteiger partial charge on any atom is -0.370 e. The first-order chi connectivity index (χ1) is 16.0. The maximum Gasteiger partial charge on any atom is 0.275 e. The van der Waals surface area contributed by atoms with Crippen LogP contribution in [0.4, 0.5) is 10.1 Å². The highest BCUT2D eigenvalue weighted by atomic mass is 32.2. The van der Waals surface area contributed by atoms with Gasteiger partial charge < -0.3 is 26.1 Å². The highest BCUT2D eigenvalue weighted by Crippen LogP contribution is 2.44. The zero-order valence-corrected chi connectivity index (χ0v) is 19.1. The molecule has 0 unspecified atom stereocenters. The number of pyridine rings is 1. The lowest BCUT2D eigenvalue weighted by atomic mass is 10.2. The lowest BCUT2D eigenvalue weighted by Crippen LogP contribution is -2.43. The van der Waals surface area contributed by atoms with Gasteiger partial charge in [0.05, 0.1) is 10.4 Å². The first-order valence-electron chi connectivity index (χ1n) is 10.3. The van der Waals surface area contributed by atoms with Crippen molar-refractivity contribution in [3.05, 3.63) is 58.3 Å². The van der Waals surface area contributed by atoms with Crippen LogP contribution in [0.25, 0.3) is 0 Å². The zero-order chi connectivity index (χ0) is 25.1. The molecule has 1 aliphatic rings. The van der Waals surface area contributed by atoms with Crippen molar-refractivity contribution in [3.63, 3.8) is 0 Å². The Hall–Kier alpha value is -3.74. The van der Waals surface area contributed by atoms with Gasteiger partial charge in [-0.3, -0.25) is 19.3 Å². The van der Waals surface area contributed by atoms with Crippen molar-refractivity contribution in [2.24, 2.45) is 22.4 Å². The number of aryl methyl sites for hydroxylation is 1. The molecule has 0 radical (unpaired) electrons. The largest absolute Gasteiger partial charge is 0.370 e. The summed E-state index contributed by atoms with van der Waals surface area (Å²) in [6, 6.07) is 5.90. The third-order valence-corrected chi connectivity index (χ3v) is 7.03. The lowest BCUT2D eigenvalue weighted by molar-refractivity contribution is -0.125. The number of rotatable bonds is 10. The number of sulfonamides is 1. The van der Waals surface area contributed by atoms with E-state index in [1.54, 1.807) is 0 Å². The van der Waals surface area contributed by atoms with Crippen LogP contribution in [-0.4, -0.2) is 43.2 Å². The Bertz CT molecular complexity index is 1300. The predicted molar refractivity (Wildman–Crippen MR) is 123 cm³/mol.